The van der Waals surface area contributed by atoms with Crippen molar-refractivity contribution in [3.63, 3.8) is 0 Å². The average Bonchev–Trinajstić information content (AvgIpc) is 2.70. The number of benzene rings is 1. The molecule has 0 radical (unpaired) electrons. The predicted molar refractivity (Wildman–Crippen MR) is 95.1 cm³/mol. The Hall–Kier alpha value is -3.78. The second-order valence-electron chi connectivity index (χ2n) is 6.70. The van der Waals surface area contributed by atoms with E-state index in [4.69, 9.17) is 5.11 Å². The van der Waals surface area contributed by atoms with Gasteiger partial charge in [0.2, 0.25) is 5.43 Å². The van der Waals surface area contributed by atoms with Crippen LogP contribution in [0.2, 0.25) is 0 Å². The lowest BCUT2D eigenvalue weighted by Crippen LogP contribution is -2.56. The third-order valence-electron chi connectivity index (χ3n) is 4.54. The number of alkyl halides is 7. The molecule has 15 heteroatoms. The maximum absolute atomic E-state index is 14.5. The fourth-order valence-corrected chi connectivity index (χ4v) is 2.85. The molecule has 33 heavy (non-hydrogen) atoms. The van der Waals surface area contributed by atoms with Crippen molar-refractivity contribution in [1.29, 1.82) is 0 Å². The average molecular weight is 483 g/mol. The van der Waals surface area contributed by atoms with Crippen LogP contribution in [0.1, 0.15) is 20.7 Å². The molecule has 0 aliphatic rings. The number of aromatic nitrogens is 2. The van der Waals surface area contributed by atoms with Gasteiger partial charge in [-0.05, 0) is 12.1 Å². The Kier molecular flexibility index (Phi) is 5.55. The number of aromatic amines is 1. The molecule has 0 fully saturated rings. The van der Waals surface area contributed by atoms with Crippen LogP contribution in [0.5, 0.6) is 0 Å². The van der Waals surface area contributed by atoms with E-state index in [-0.39, 0.29) is 16.4 Å². The number of carboxylic acids is 1. The number of fused-ring (bicyclic) bond motifs is 3. The smallest absolute Gasteiger partial charge is 0.459 e. The lowest BCUT2D eigenvalue weighted by Gasteiger charge is -2.28. The van der Waals surface area contributed by atoms with Crippen LogP contribution in [0.15, 0.2) is 29.3 Å². The molecule has 0 aliphatic carbocycles. The number of carboxylic acid groups (broad SMARTS) is 1. The minimum Gasteiger partial charge on any atom is -0.477 e. The van der Waals surface area contributed by atoms with Crippen LogP contribution in [-0.4, -0.2) is 51.5 Å². The molecule has 0 bridgehead atoms. The Balaban J connectivity index is 1.96. The number of H-pyrrole nitrogens is 1. The zero-order valence-corrected chi connectivity index (χ0v) is 15.7. The largest absolute Gasteiger partial charge is 0.477 e. The topological polar surface area (TPSA) is 112 Å². The molecule has 0 saturated heterocycles. The van der Waals surface area contributed by atoms with E-state index in [1.165, 1.54) is 5.32 Å². The van der Waals surface area contributed by atoms with Crippen molar-refractivity contribution in [3.8, 4) is 0 Å². The summed E-state index contributed by atoms with van der Waals surface area (Å²) < 4.78 is 104. The number of amides is 1. The van der Waals surface area contributed by atoms with Gasteiger partial charge in [0.05, 0.1) is 28.5 Å². The highest BCUT2D eigenvalue weighted by Crippen LogP contribution is 2.46. The van der Waals surface area contributed by atoms with E-state index in [9.17, 15) is 49.5 Å². The van der Waals surface area contributed by atoms with E-state index < -0.39 is 64.2 Å². The number of hydrogen-bond donors (Lipinski definition) is 3. The fourth-order valence-electron chi connectivity index (χ4n) is 2.85. The maximum atomic E-state index is 14.5. The Morgan fingerprint density at radius 1 is 1.09 bits per heavy atom. The highest BCUT2D eigenvalue weighted by atomic mass is 19.4. The fraction of sp³-hybridized carbons (Fsp3) is 0.222. The van der Waals surface area contributed by atoms with Crippen LogP contribution in [0.4, 0.5) is 35.1 Å². The zero-order chi connectivity index (χ0) is 24.9. The summed E-state index contributed by atoms with van der Waals surface area (Å²) in [5, 5.41) is 9.34. The van der Waals surface area contributed by atoms with Gasteiger partial charge < -0.3 is 15.4 Å². The monoisotopic (exact) mass is 483 g/mol. The van der Waals surface area contributed by atoms with Gasteiger partial charge in [0.1, 0.15) is 11.4 Å². The Morgan fingerprint density at radius 3 is 2.30 bits per heavy atom. The molecule has 3 aromatic rings. The first-order valence-corrected chi connectivity index (χ1v) is 8.56. The number of aromatic carboxylic acids is 1. The van der Waals surface area contributed by atoms with Crippen LogP contribution in [0.25, 0.3) is 21.8 Å². The molecule has 2 aromatic heterocycles. The van der Waals surface area contributed by atoms with Crippen LogP contribution in [-0.2, 0) is 0 Å². The number of carbonyl (C=O) groups is 2. The standard InChI is InChI=1S/C18H9F8N3O4/c19-9-2-6-1-7(14(31)29-5-16(20,21)17(22,23)18(24,25)26)3-27-11(6)12-10(9)13(30)8(4-28-12)15(32)33/h1-4H,5H2,(H,28,30)(H,29,31)(H,32,33). The van der Waals surface area contributed by atoms with Gasteiger partial charge in [0, 0.05) is 17.8 Å². The maximum Gasteiger partial charge on any atom is 0.459 e. The van der Waals surface area contributed by atoms with Gasteiger partial charge in [0.15, 0.2) is 0 Å². The van der Waals surface area contributed by atoms with E-state index in [1.54, 1.807) is 0 Å². The number of carbonyl (C=O) groups excluding carboxylic acids is 1. The van der Waals surface area contributed by atoms with Gasteiger partial charge in [-0.25, -0.2) is 9.18 Å². The molecule has 0 unspecified atom stereocenters. The summed E-state index contributed by atoms with van der Waals surface area (Å²) in [4.78, 5) is 41.4. The first-order valence-electron chi connectivity index (χ1n) is 8.56. The molecular formula is C18H9F8N3O4. The minimum absolute atomic E-state index is 0.147. The second kappa shape index (κ2) is 7.67. The van der Waals surface area contributed by atoms with Crippen molar-refractivity contribution in [1.82, 2.24) is 15.3 Å². The summed E-state index contributed by atoms with van der Waals surface area (Å²) >= 11 is 0. The molecular weight excluding hydrogens is 474 g/mol. The Morgan fingerprint density at radius 2 is 1.73 bits per heavy atom. The number of rotatable bonds is 5. The van der Waals surface area contributed by atoms with E-state index in [0.29, 0.717) is 12.3 Å². The van der Waals surface area contributed by atoms with Gasteiger partial charge >= 0.3 is 24.0 Å². The van der Waals surface area contributed by atoms with E-state index in [2.05, 4.69) is 9.97 Å². The highest BCUT2D eigenvalue weighted by Gasteiger charge is 2.72. The van der Waals surface area contributed by atoms with E-state index in [0.717, 1.165) is 12.3 Å². The summed E-state index contributed by atoms with van der Waals surface area (Å²) in [7, 11) is 0. The zero-order valence-electron chi connectivity index (χ0n) is 15.7. The number of hydrogen-bond acceptors (Lipinski definition) is 4. The van der Waals surface area contributed by atoms with Crippen LogP contribution >= 0.6 is 0 Å². The molecule has 0 spiro atoms. The molecule has 0 atom stereocenters. The lowest BCUT2D eigenvalue weighted by atomic mass is 10.1. The number of pyridine rings is 2. The predicted octanol–water partition coefficient (Wildman–Crippen LogP) is 3.48. The van der Waals surface area contributed by atoms with Gasteiger partial charge in [-0.2, -0.15) is 30.7 Å². The summed E-state index contributed by atoms with van der Waals surface area (Å²) in [6.07, 6.45) is -5.09. The molecule has 0 saturated carbocycles. The van der Waals surface area contributed by atoms with Gasteiger partial charge in [0.25, 0.3) is 5.91 Å². The molecule has 0 aliphatic heterocycles. The first kappa shape index (κ1) is 23.9. The van der Waals surface area contributed by atoms with Crippen molar-refractivity contribution >= 4 is 33.7 Å². The lowest BCUT2D eigenvalue weighted by molar-refractivity contribution is -0.352. The summed E-state index contributed by atoms with van der Waals surface area (Å²) in [6, 6.07) is 1.53. The third kappa shape index (κ3) is 3.93. The number of nitrogens with zero attached hydrogens (tertiary/aromatic N) is 1. The summed E-state index contributed by atoms with van der Waals surface area (Å²) in [5.74, 6) is -16.5. The minimum atomic E-state index is -6.57. The molecule has 1 aromatic carbocycles. The van der Waals surface area contributed by atoms with Crippen molar-refractivity contribution in [2.24, 2.45) is 0 Å². The van der Waals surface area contributed by atoms with E-state index >= 15 is 0 Å². The Bertz CT molecular complexity index is 1350. The first-order chi connectivity index (χ1) is 15.1. The molecule has 176 valence electrons. The summed E-state index contributed by atoms with van der Waals surface area (Å²) in [6.45, 7) is -2.37. The van der Waals surface area contributed by atoms with Crippen molar-refractivity contribution in [2.75, 3.05) is 6.54 Å². The van der Waals surface area contributed by atoms with Gasteiger partial charge in [-0.1, -0.05) is 0 Å². The molecule has 2 heterocycles. The quantitative estimate of drug-likeness (QED) is 0.380. The van der Waals surface area contributed by atoms with Crippen molar-refractivity contribution < 1.29 is 49.8 Å². The van der Waals surface area contributed by atoms with Gasteiger partial charge in [-0.15, -0.1) is 0 Å². The number of nitrogens with one attached hydrogen (secondary N) is 2. The normalized spacial score (nSPS) is 12.8. The SMILES string of the molecule is O=C(NCC(F)(F)C(F)(F)C(F)(F)F)c1cnc2c(c1)cc(F)c1c(=O)c(C(=O)O)c[nH]c12. The van der Waals surface area contributed by atoms with Crippen molar-refractivity contribution in [3.05, 3.63) is 51.7 Å². The summed E-state index contributed by atoms with van der Waals surface area (Å²) in [5.41, 5.74) is -2.95. The molecule has 3 N–H and O–H groups in total. The van der Waals surface area contributed by atoms with Crippen LogP contribution in [0.3, 0.4) is 0 Å². The highest BCUT2D eigenvalue weighted by molar-refractivity contribution is 6.06. The molecule has 7 nitrogen and oxygen atoms in total. The van der Waals surface area contributed by atoms with Gasteiger partial charge in [-0.3, -0.25) is 14.6 Å². The van der Waals surface area contributed by atoms with E-state index in [1.807, 2.05) is 0 Å². The number of halogens is 8. The molecule has 1 amide bonds. The van der Waals surface area contributed by atoms with Crippen LogP contribution < -0.4 is 10.7 Å². The third-order valence-corrected chi connectivity index (χ3v) is 4.54. The van der Waals surface area contributed by atoms with Crippen LogP contribution in [0, 0.1) is 5.82 Å². The molecule has 3 rings (SSSR count). The second-order valence-corrected chi connectivity index (χ2v) is 6.70. The van der Waals surface area contributed by atoms with Crippen molar-refractivity contribution in [2.45, 2.75) is 18.0 Å². The Labute approximate surface area is 176 Å².